The van der Waals surface area contributed by atoms with Gasteiger partial charge in [0.25, 0.3) is 0 Å². The van der Waals surface area contributed by atoms with Gasteiger partial charge in [0, 0.05) is 6.54 Å². The first kappa shape index (κ1) is 19.4. The van der Waals surface area contributed by atoms with Crippen LogP contribution in [0, 0.1) is 0 Å². The van der Waals surface area contributed by atoms with Crippen LogP contribution in [0.15, 0.2) is 30.3 Å². The molecular formula is C17H27NO5. The Labute approximate surface area is 138 Å². The van der Waals surface area contributed by atoms with E-state index in [0.717, 1.165) is 5.56 Å². The fourth-order valence-electron chi connectivity index (χ4n) is 1.66. The average molecular weight is 325 g/mol. The first-order valence-corrected chi connectivity index (χ1v) is 7.90. The Kier molecular flexibility index (Phi) is 10.9. The zero-order chi connectivity index (χ0) is 16.8. The molecule has 0 aliphatic rings. The van der Waals surface area contributed by atoms with Crippen LogP contribution in [-0.2, 0) is 25.6 Å². The quantitative estimate of drug-likeness (QED) is 0.598. The average Bonchev–Trinajstić information content (AvgIpc) is 2.55. The Hall–Kier alpha value is -1.63. The van der Waals surface area contributed by atoms with Crippen LogP contribution < -0.4 is 5.32 Å². The van der Waals surface area contributed by atoms with Gasteiger partial charge in [-0.3, -0.25) is 0 Å². The van der Waals surface area contributed by atoms with E-state index in [-0.39, 0.29) is 12.7 Å². The molecule has 1 aromatic carbocycles. The maximum absolute atomic E-state index is 11.5. The molecule has 1 rings (SSSR count). The summed E-state index contributed by atoms with van der Waals surface area (Å²) < 4.78 is 21.1. The zero-order valence-electron chi connectivity index (χ0n) is 14.0. The molecule has 23 heavy (non-hydrogen) atoms. The minimum absolute atomic E-state index is 0.225. The third kappa shape index (κ3) is 11.6. The number of nitrogens with one attached hydrogen (secondary N) is 1. The monoisotopic (exact) mass is 325 g/mol. The minimum atomic E-state index is -0.445. The molecule has 0 bridgehead atoms. The number of ether oxygens (including phenoxy) is 4. The number of carbonyl (C=O) groups is 1. The highest BCUT2D eigenvalue weighted by atomic mass is 16.6. The van der Waals surface area contributed by atoms with E-state index in [4.69, 9.17) is 18.9 Å². The molecule has 0 unspecified atom stereocenters. The third-order valence-corrected chi connectivity index (χ3v) is 2.78. The standard InChI is InChI=1S/C17H27NO5/c1-15(2)22-13-12-21-11-10-20-9-8-18-17(19)23-14-16-6-4-3-5-7-16/h3-7,15H,8-14H2,1-2H3,(H,18,19). The van der Waals surface area contributed by atoms with Crippen molar-refractivity contribution in [1.29, 1.82) is 0 Å². The molecule has 0 aliphatic carbocycles. The van der Waals surface area contributed by atoms with Crippen molar-refractivity contribution in [3.63, 3.8) is 0 Å². The van der Waals surface area contributed by atoms with Crippen LogP contribution in [-0.4, -0.2) is 51.8 Å². The van der Waals surface area contributed by atoms with E-state index in [1.807, 2.05) is 44.2 Å². The number of alkyl carbamates (subject to hydrolysis) is 1. The fourth-order valence-corrected chi connectivity index (χ4v) is 1.66. The van der Waals surface area contributed by atoms with Crippen molar-refractivity contribution in [2.24, 2.45) is 0 Å². The van der Waals surface area contributed by atoms with E-state index in [2.05, 4.69) is 5.32 Å². The lowest BCUT2D eigenvalue weighted by atomic mass is 10.2. The highest BCUT2D eigenvalue weighted by Gasteiger charge is 2.01. The molecule has 0 fully saturated rings. The summed E-state index contributed by atoms with van der Waals surface area (Å²) in [6.07, 6.45) is -0.220. The van der Waals surface area contributed by atoms with E-state index in [1.165, 1.54) is 0 Å². The van der Waals surface area contributed by atoms with Crippen LogP contribution >= 0.6 is 0 Å². The molecule has 0 saturated heterocycles. The summed E-state index contributed by atoms with van der Waals surface area (Å²) in [7, 11) is 0. The Morgan fingerprint density at radius 3 is 2.35 bits per heavy atom. The summed E-state index contributed by atoms with van der Waals surface area (Å²) >= 11 is 0. The summed E-state index contributed by atoms with van der Waals surface area (Å²) in [4.78, 5) is 11.5. The van der Waals surface area contributed by atoms with Gasteiger partial charge in [-0.2, -0.15) is 0 Å². The topological polar surface area (TPSA) is 66.0 Å². The van der Waals surface area contributed by atoms with Gasteiger partial charge in [-0.1, -0.05) is 30.3 Å². The first-order valence-electron chi connectivity index (χ1n) is 7.90. The minimum Gasteiger partial charge on any atom is -0.445 e. The van der Waals surface area contributed by atoms with Crippen molar-refractivity contribution < 1.29 is 23.7 Å². The van der Waals surface area contributed by atoms with Crippen LogP contribution in [0.4, 0.5) is 4.79 Å². The molecule has 0 spiro atoms. The van der Waals surface area contributed by atoms with Crippen LogP contribution in [0.5, 0.6) is 0 Å². The first-order chi connectivity index (χ1) is 11.2. The lowest BCUT2D eigenvalue weighted by Crippen LogP contribution is -2.28. The molecule has 0 aliphatic heterocycles. The third-order valence-electron chi connectivity index (χ3n) is 2.78. The van der Waals surface area contributed by atoms with Crippen LogP contribution in [0.25, 0.3) is 0 Å². The van der Waals surface area contributed by atoms with Crippen molar-refractivity contribution in [3.05, 3.63) is 35.9 Å². The highest BCUT2D eigenvalue weighted by molar-refractivity contribution is 5.67. The van der Waals surface area contributed by atoms with E-state index in [0.29, 0.717) is 39.6 Å². The smallest absolute Gasteiger partial charge is 0.407 e. The molecule has 1 N–H and O–H groups in total. The molecule has 6 heteroatoms. The number of hydrogen-bond acceptors (Lipinski definition) is 5. The second-order valence-corrected chi connectivity index (χ2v) is 5.13. The van der Waals surface area contributed by atoms with Crippen molar-refractivity contribution in [1.82, 2.24) is 5.32 Å². The summed E-state index contributed by atoms with van der Waals surface area (Å²) in [6, 6.07) is 9.54. The molecule has 0 atom stereocenters. The second-order valence-electron chi connectivity index (χ2n) is 5.13. The summed E-state index contributed by atoms with van der Waals surface area (Å²) in [5, 5.41) is 2.63. The molecule has 130 valence electrons. The Morgan fingerprint density at radius 1 is 1.00 bits per heavy atom. The number of carbonyl (C=O) groups excluding carboxylic acids is 1. The van der Waals surface area contributed by atoms with Crippen molar-refractivity contribution >= 4 is 6.09 Å². The summed E-state index contributed by atoms with van der Waals surface area (Å²) in [5.74, 6) is 0. The Morgan fingerprint density at radius 2 is 1.65 bits per heavy atom. The number of rotatable bonds is 12. The lowest BCUT2D eigenvalue weighted by Gasteiger charge is -2.09. The maximum Gasteiger partial charge on any atom is 0.407 e. The van der Waals surface area contributed by atoms with E-state index < -0.39 is 6.09 Å². The molecule has 0 heterocycles. The van der Waals surface area contributed by atoms with Gasteiger partial charge in [0.2, 0.25) is 0 Å². The predicted molar refractivity (Wildman–Crippen MR) is 87.4 cm³/mol. The van der Waals surface area contributed by atoms with Gasteiger partial charge >= 0.3 is 6.09 Å². The van der Waals surface area contributed by atoms with Crippen molar-refractivity contribution in [2.75, 3.05) is 39.6 Å². The Balaban J connectivity index is 1.86. The largest absolute Gasteiger partial charge is 0.445 e. The van der Waals surface area contributed by atoms with E-state index in [1.54, 1.807) is 0 Å². The van der Waals surface area contributed by atoms with Crippen molar-refractivity contribution in [2.45, 2.75) is 26.6 Å². The summed E-state index contributed by atoms with van der Waals surface area (Å²) in [6.45, 7) is 7.22. The number of hydrogen-bond donors (Lipinski definition) is 1. The van der Waals surface area contributed by atoms with Crippen LogP contribution in [0.1, 0.15) is 19.4 Å². The molecule has 6 nitrogen and oxygen atoms in total. The van der Waals surface area contributed by atoms with Gasteiger partial charge in [-0.05, 0) is 19.4 Å². The van der Waals surface area contributed by atoms with E-state index in [9.17, 15) is 4.79 Å². The van der Waals surface area contributed by atoms with Crippen LogP contribution in [0.2, 0.25) is 0 Å². The van der Waals surface area contributed by atoms with Gasteiger partial charge in [0.05, 0.1) is 39.1 Å². The molecule has 1 aromatic rings. The van der Waals surface area contributed by atoms with Crippen LogP contribution in [0.3, 0.4) is 0 Å². The number of benzene rings is 1. The fraction of sp³-hybridized carbons (Fsp3) is 0.588. The number of amides is 1. The predicted octanol–water partition coefficient (Wildman–Crippen LogP) is 2.37. The highest BCUT2D eigenvalue weighted by Crippen LogP contribution is 2.00. The van der Waals surface area contributed by atoms with Gasteiger partial charge < -0.3 is 24.3 Å². The Bertz CT molecular complexity index is 411. The molecule has 0 aromatic heterocycles. The molecular weight excluding hydrogens is 298 g/mol. The van der Waals surface area contributed by atoms with Gasteiger partial charge in [-0.25, -0.2) is 4.79 Å². The van der Waals surface area contributed by atoms with Gasteiger partial charge in [0.15, 0.2) is 0 Å². The summed E-state index contributed by atoms with van der Waals surface area (Å²) in [5.41, 5.74) is 0.956. The molecule has 1 amide bonds. The maximum atomic E-state index is 11.5. The van der Waals surface area contributed by atoms with E-state index >= 15 is 0 Å². The normalized spacial score (nSPS) is 10.7. The lowest BCUT2D eigenvalue weighted by molar-refractivity contribution is -0.00109. The zero-order valence-corrected chi connectivity index (χ0v) is 14.0. The van der Waals surface area contributed by atoms with Crippen molar-refractivity contribution in [3.8, 4) is 0 Å². The SMILES string of the molecule is CC(C)OCCOCCOCCNC(=O)OCc1ccccc1. The van der Waals surface area contributed by atoms with Gasteiger partial charge in [0.1, 0.15) is 6.61 Å². The molecule has 0 saturated carbocycles. The second kappa shape index (κ2) is 12.9. The van der Waals surface area contributed by atoms with Gasteiger partial charge in [-0.15, -0.1) is 0 Å². The molecule has 0 radical (unpaired) electrons.